The summed E-state index contributed by atoms with van der Waals surface area (Å²) in [7, 11) is 3.45. The maximum Gasteiger partial charge on any atom is 0.242 e. The van der Waals surface area contributed by atoms with Gasteiger partial charge in [-0.3, -0.25) is 9.69 Å². The normalized spacial score (nSPS) is 12.5. The van der Waals surface area contributed by atoms with Gasteiger partial charge in [-0.15, -0.1) is 0 Å². The lowest BCUT2D eigenvalue weighted by Crippen LogP contribution is -2.40. The van der Waals surface area contributed by atoms with Crippen molar-refractivity contribution in [1.82, 2.24) is 15.5 Å². The number of hydrogen-bond acceptors (Lipinski definition) is 3. The predicted octanol–water partition coefficient (Wildman–Crippen LogP) is 2.20. The first-order valence-electron chi connectivity index (χ1n) is 7.07. The zero-order chi connectivity index (χ0) is 15.8. The lowest BCUT2D eigenvalue weighted by molar-refractivity contribution is -0.125. The summed E-state index contributed by atoms with van der Waals surface area (Å²) >= 11 is 6.06. The fourth-order valence-corrected chi connectivity index (χ4v) is 2.33. The van der Waals surface area contributed by atoms with Crippen LogP contribution >= 0.6 is 11.6 Å². The van der Waals surface area contributed by atoms with Crippen LogP contribution in [-0.2, 0) is 4.79 Å². The summed E-state index contributed by atoms with van der Waals surface area (Å²) < 4.78 is 14.0. The molecule has 1 rings (SSSR count). The summed E-state index contributed by atoms with van der Waals surface area (Å²) in [6, 6.07) is 3.69. The predicted molar refractivity (Wildman–Crippen MR) is 84.0 cm³/mol. The highest BCUT2D eigenvalue weighted by Crippen LogP contribution is 2.28. The molecule has 0 saturated heterocycles. The van der Waals surface area contributed by atoms with E-state index in [0.29, 0.717) is 13.1 Å². The van der Waals surface area contributed by atoms with Crippen molar-refractivity contribution < 1.29 is 9.18 Å². The Kier molecular flexibility index (Phi) is 7.64. The largest absolute Gasteiger partial charge is 0.353 e. The minimum absolute atomic E-state index is 0.211. The average molecular weight is 316 g/mol. The molecule has 1 amide bonds. The van der Waals surface area contributed by atoms with Gasteiger partial charge in [-0.25, -0.2) is 4.39 Å². The van der Waals surface area contributed by atoms with Crippen LogP contribution in [0.4, 0.5) is 4.39 Å². The topological polar surface area (TPSA) is 44.4 Å². The zero-order valence-corrected chi connectivity index (χ0v) is 13.5. The third-order valence-corrected chi connectivity index (χ3v) is 3.40. The van der Waals surface area contributed by atoms with Crippen molar-refractivity contribution in [1.29, 1.82) is 0 Å². The molecule has 0 bridgehead atoms. The Balaban J connectivity index is 2.76. The van der Waals surface area contributed by atoms with Gasteiger partial charge in [0.2, 0.25) is 5.91 Å². The SMILES string of the molecule is CCCNCCNC(=O)C(c1c(F)cccc1Cl)N(C)C. The summed E-state index contributed by atoms with van der Waals surface area (Å²) in [6.07, 6.45) is 1.04. The Morgan fingerprint density at radius 1 is 1.33 bits per heavy atom. The molecule has 21 heavy (non-hydrogen) atoms. The molecule has 1 unspecified atom stereocenters. The first-order valence-corrected chi connectivity index (χ1v) is 7.45. The molecule has 0 heterocycles. The second kappa shape index (κ2) is 8.97. The van der Waals surface area contributed by atoms with E-state index in [4.69, 9.17) is 11.6 Å². The Morgan fingerprint density at radius 2 is 2.05 bits per heavy atom. The molecule has 0 aliphatic heterocycles. The minimum atomic E-state index is -0.745. The van der Waals surface area contributed by atoms with Crippen LogP contribution in [0.1, 0.15) is 24.9 Å². The first-order chi connectivity index (χ1) is 9.99. The Bertz CT molecular complexity index is 448. The number of rotatable bonds is 8. The van der Waals surface area contributed by atoms with Crippen LogP contribution in [-0.4, -0.2) is 44.5 Å². The molecule has 0 radical (unpaired) electrons. The molecule has 0 aliphatic carbocycles. The van der Waals surface area contributed by atoms with E-state index in [1.807, 2.05) is 0 Å². The van der Waals surface area contributed by atoms with Crippen molar-refractivity contribution in [2.24, 2.45) is 0 Å². The van der Waals surface area contributed by atoms with E-state index in [1.54, 1.807) is 25.1 Å². The summed E-state index contributed by atoms with van der Waals surface area (Å²) in [5.41, 5.74) is 0.211. The standard InChI is InChI=1S/C15H23ClFN3O/c1-4-8-18-9-10-19-15(21)14(20(2)3)13-11(16)6-5-7-12(13)17/h5-7,14,18H,4,8-10H2,1-3H3,(H,19,21). The van der Waals surface area contributed by atoms with E-state index in [-0.39, 0.29) is 16.5 Å². The summed E-state index contributed by atoms with van der Waals surface area (Å²) in [5, 5.41) is 6.26. The van der Waals surface area contributed by atoms with Crippen LogP contribution in [0.25, 0.3) is 0 Å². The fourth-order valence-electron chi connectivity index (χ4n) is 2.07. The van der Waals surface area contributed by atoms with Crippen LogP contribution in [0.2, 0.25) is 5.02 Å². The van der Waals surface area contributed by atoms with Crippen LogP contribution < -0.4 is 10.6 Å². The van der Waals surface area contributed by atoms with E-state index < -0.39 is 11.9 Å². The highest BCUT2D eigenvalue weighted by atomic mass is 35.5. The number of nitrogens with one attached hydrogen (secondary N) is 2. The molecule has 0 saturated carbocycles. The highest BCUT2D eigenvalue weighted by molar-refractivity contribution is 6.31. The Morgan fingerprint density at radius 3 is 2.62 bits per heavy atom. The van der Waals surface area contributed by atoms with Crippen LogP contribution in [0, 0.1) is 5.82 Å². The van der Waals surface area contributed by atoms with Crippen molar-refractivity contribution in [2.75, 3.05) is 33.7 Å². The molecular formula is C15H23ClFN3O. The molecule has 0 fully saturated rings. The van der Waals surface area contributed by atoms with Crippen molar-refractivity contribution >= 4 is 17.5 Å². The third kappa shape index (κ3) is 5.26. The van der Waals surface area contributed by atoms with Crippen molar-refractivity contribution in [2.45, 2.75) is 19.4 Å². The third-order valence-electron chi connectivity index (χ3n) is 3.07. The molecule has 0 aliphatic rings. The van der Waals surface area contributed by atoms with E-state index >= 15 is 0 Å². The number of amides is 1. The Hall–Kier alpha value is -1.17. The zero-order valence-electron chi connectivity index (χ0n) is 12.7. The van der Waals surface area contributed by atoms with Crippen LogP contribution in [0.3, 0.4) is 0 Å². The molecule has 1 aromatic rings. The maximum absolute atomic E-state index is 14.0. The quantitative estimate of drug-likeness (QED) is 0.723. The molecule has 1 atom stereocenters. The number of carbonyl (C=O) groups excluding carboxylic acids is 1. The molecular weight excluding hydrogens is 293 g/mol. The molecule has 2 N–H and O–H groups in total. The van der Waals surface area contributed by atoms with Gasteiger partial charge in [0.15, 0.2) is 0 Å². The molecule has 118 valence electrons. The summed E-state index contributed by atoms with van der Waals surface area (Å²) in [6.45, 7) is 4.17. The van der Waals surface area contributed by atoms with Gasteiger partial charge in [0.05, 0.1) is 0 Å². The monoisotopic (exact) mass is 315 g/mol. The van der Waals surface area contributed by atoms with Gasteiger partial charge in [0.1, 0.15) is 11.9 Å². The smallest absolute Gasteiger partial charge is 0.242 e. The van der Waals surface area contributed by atoms with Crippen LogP contribution in [0.5, 0.6) is 0 Å². The molecule has 0 spiro atoms. The summed E-state index contributed by atoms with van der Waals surface area (Å²) in [4.78, 5) is 14.0. The molecule has 0 aromatic heterocycles. The van der Waals surface area contributed by atoms with E-state index in [9.17, 15) is 9.18 Å². The number of nitrogens with zero attached hydrogens (tertiary/aromatic N) is 1. The number of halogens is 2. The van der Waals surface area contributed by atoms with Gasteiger partial charge in [-0.1, -0.05) is 24.6 Å². The van der Waals surface area contributed by atoms with Gasteiger partial charge in [-0.05, 0) is 39.2 Å². The van der Waals surface area contributed by atoms with Crippen molar-refractivity contribution in [3.63, 3.8) is 0 Å². The van der Waals surface area contributed by atoms with Crippen LogP contribution in [0.15, 0.2) is 18.2 Å². The minimum Gasteiger partial charge on any atom is -0.353 e. The fraction of sp³-hybridized carbons (Fsp3) is 0.533. The summed E-state index contributed by atoms with van der Waals surface area (Å²) in [5.74, 6) is -0.731. The van der Waals surface area contributed by atoms with E-state index in [1.165, 1.54) is 12.1 Å². The molecule has 6 heteroatoms. The van der Waals surface area contributed by atoms with Gasteiger partial charge < -0.3 is 10.6 Å². The first kappa shape index (κ1) is 17.9. The molecule has 4 nitrogen and oxygen atoms in total. The van der Waals surface area contributed by atoms with Crippen molar-refractivity contribution in [3.05, 3.63) is 34.6 Å². The van der Waals surface area contributed by atoms with Gasteiger partial charge >= 0.3 is 0 Å². The number of hydrogen-bond donors (Lipinski definition) is 2. The Labute approximate surface area is 130 Å². The lowest BCUT2D eigenvalue weighted by Gasteiger charge is -2.25. The van der Waals surface area contributed by atoms with Gasteiger partial charge in [0, 0.05) is 23.7 Å². The molecule has 1 aromatic carbocycles. The second-order valence-corrected chi connectivity index (χ2v) is 5.45. The van der Waals surface area contributed by atoms with Gasteiger partial charge in [0.25, 0.3) is 0 Å². The lowest BCUT2D eigenvalue weighted by atomic mass is 10.0. The number of carbonyl (C=O) groups is 1. The van der Waals surface area contributed by atoms with E-state index in [2.05, 4.69) is 17.6 Å². The maximum atomic E-state index is 14.0. The second-order valence-electron chi connectivity index (χ2n) is 5.04. The number of benzene rings is 1. The van der Waals surface area contributed by atoms with Gasteiger partial charge in [-0.2, -0.15) is 0 Å². The number of likely N-dealkylation sites (N-methyl/N-ethyl adjacent to an activating group) is 1. The van der Waals surface area contributed by atoms with E-state index in [0.717, 1.165) is 13.0 Å². The average Bonchev–Trinajstić information content (AvgIpc) is 2.42. The highest BCUT2D eigenvalue weighted by Gasteiger charge is 2.27. The van der Waals surface area contributed by atoms with Crippen molar-refractivity contribution in [3.8, 4) is 0 Å².